The summed E-state index contributed by atoms with van der Waals surface area (Å²) >= 11 is 0. The lowest BCUT2D eigenvalue weighted by Crippen LogP contribution is -2.37. The minimum atomic E-state index is -0.508. The van der Waals surface area contributed by atoms with Gasteiger partial charge in [-0.2, -0.15) is 0 Å². The van der Waals surface area contributed by atoms with Gasteiger partial charge in [-0.1, -0.05) is 26.0 Å². The van der Waals surface area contributed by atoms with Gasteiger partial charge in [0.2, 0.25) is 0 Å². The molecular formula is C17H27NO3. The first-order valence-electron chi connectivity index (χ1n) is 7.49. The topological polar surface area (TPSA) is 47.6 Å². The van der Waals surface area contributed by atoms with Crippen LogP contribution in [0.15, 0.2) is 18.2 Å². The Morgan fingerprint density at radius 3 is 2.62 bits per heavy atom. The lowest BCUT2D eigenvalue weighted by atomic mass is 10.0. The molecule has 118 valence electrons. The van der Waals surface area contributed by atoms with Crippen LogP contribution in [-0.2, 0) is 9.53 Å². The van der Waals surface area contributed by atoms with Crippen molar-refractivity contribution in [3.8, 4) is 5.75 Å². The highest BCUT2D eigenvalue weighted by molar-refractivity contribution is 5.80. The van der Waals surface area contributed by atoms with Crippen molar-refractivity contribution in [2.75, 3.05) is 20.3 Å². The van der Waals surface area contributed by atoms with Crippen LogP contribution in [0.4, 0.5) is 0 Å². The zero-order valence-corrected chi connectivity index (χ0v) is 13.7. The van der Waals surface area contributed by atoms with Gasteiger partial charge in [0.05, 0.1) is 0 Å². The van der Waals surface area contributed by atoms with Gasteiger partial charge in [0, 0.05) is 20.3 Å². The molecule has 0 heterocycles. The summed E-state index contributed by atoms with van der Waals surface area (Å²) in [6.07, 6.45) is 0.295. The Hall–Kier alpha value is -1.55. The smallest absolute Gasteiger partial charge is 0.260 e. The molecule has 1 rings (SSSR count). The molecule has 1 atom stereocenters. The van der Waals surface area contributed by atoms with E-state index in [2.05, 4.69) is 31.3 Å². The average Bonchev–Trinajstić information content (AvgIpc) is 2.43. The highest BCUT2D eigenvalue weighted by atomic mass is 16.5. The third-order valence-corrected chi connectivity index (χ3v) is 3.29. The van der Waals surface area contributed by atoms with Gasteiger partial charge in [-0.3, -0.25) is 4.79 Å². The molecule has 4 nitrogen and oxygen atoms in total. The van der Waals surface area contributed by atoms with E-state index in [-0.39, 0.29) is 5.91 Å². The van der Waals surface area contributed by atoms with Crippen molar-refractivity contribution >= 4 is 5.91 Å². The molecule has 0 aromatic heterocycles. The van der Waals surface area contributed by atoms with Crippen LogP contribution < -0.4 is 10.1 Å². The van der Waals surface area contributed by atoms with Crippen molar-refractivity contribution in [3.63, 3.8) is 0 Å². The van der Waals surface area contributed by atoms with Crippen molar-refractivity contribution in [2.24, 2.45) is 0 Å². The molecule has 0 radical (unpaired) electrons. The third-order valence-electron chi connectivity index (χ3n) is 3.29. The van der Waals surface area contributed by atoms with E-state index in [4.69, 9.17) is 9.47 Å². The molecule has 0 bridgehead atoms. The van der Waals surface area contributed by atoms with Gasteiger partial charge in [-0.15, -0.1) is 0 Å². The number of aryl methyl sites for hydroxylation is 1. The number of benzene rings is 1. The van der Waals surface area contributed by atoms with Crippen molar-refractivity contribution in [3.05, 3.63) is 29.3 Å². The maximum absolute atomic E-state index is 12.0. The lowest BCUT2D eigenvalue weighted by Gasteiger charge is -2.19. The predicted molar refractivity (Wildman–Crippen MR) is 84.9 cm³/mol. The summed E-state index contributed by atoms with van der Waals surface area (Å²) in [6.45, 7) is 9.28. The summed E-state index contributed by atoms with van der Waals surface area (Å²) in [6, 6.07) is 6.13. The SMILES string of the molecule is COCCCNC(=O)[C@H](C)Oc1cc(C)ccc1C(C)C. The first-order chi connectivity index (χ1) is 9.95. The maximum atomic E-state index is 12.0. The number of hydrogen-bond donors (Lipinski definition) is 1. The van der Waals surface area contributed by atoms with Crippen molar-refractivity contribution in [2.45, 2.75) is 46.1 Å². The number of amides is 1. The first kappa shape index (κ1) is 17.5. The van der Waals surface area contributed by atoms with Gasteiger partial charge in [0.25, 0.3) is 5.91 Å². The normalized spacial score (nSPS) is 12.3. The maximum Gasteiger partial charge on any atom is 0.260 e. The monoisotopic (exact) mass is 293 g/mol. The quantitative estimate of drug-likeness (QED) is 0.749. The Morgan fingerprint density at radius 2 is 2.00 bits per heavy atom. The molecule has 0 fully saturated rings. The largest absolute Gasteiger partial charge is 0.481 e. The van der Waals surface area contributed by atoms with E-state index in [9.17, 15) is 4.79 Å². The van der Waals surface area contributed by atoms with E-state index in [0.717, 1.165) is 23.3 Å². The third kappa shape index (κ3) is 5.76. The van der Waals surface area contributed by atoms with Crippen LogP contribution >= 0.6 is 0 Å². The van der Waals surface area contributed by atoms with E-state index in [1.165, 1.54) is 0 Å². The number of nitrogens with one attached hydrogen (secondary N) is 1. The Morgan fingerprint density at radius 1 is 1.29 bits per heavy atom. The Labute approximate surface area is 127 Å². The van der Waals surface area contributed by atoms with Crippen LogP contribution in [0.2, 0.25) is 0 Å². The van der Waals surface area contributed by atoms with Gasteiger partial charge in [0.1, 0.15) is 5.75 Å². The minimum Gasteiger partial charge on any atom is -0.481 e. The molecule has 0 saturated carbocycles. The van der Waals surface area contributed by atoms with E-state index in [0.29, 0.717) is 19.1 Å². The molecule has 0 aliphatic carbocycles. The number of carbonyl (C=O) groups is 1. The summed E-state index contributed by atoms with van der Waals surface area (Å²) < 4.78 is 10.8. The van der Waals surface area contributed by atoms with Crippen LogP contribution in [-0.4, -0.2) is 32.3 Å². The fourth-order valence-electron chi connectivity index (χ4n) is 2.04. The Bertz CT molecular complexity index is 457. The van der Waals surface area contributed by atoms with Gasteiger partial charge in [-0.25, -0.2) is 0 Å². The van der Waals surface area contributed by atoms with Crippen LogP contribution in [0.5, 0.6) is 5.75 Å². The molecule has 0 spiro atoms. The number of rotatable bonds is 8. The number of carbonyl (C=O) groups excluding carboxylic acids is 1. The highest BCUT2D eigenvalue weighted by Crippen LogP contribution is 2.28. The van der Waals surface area contributed by atoms with E-state index >= 15 is 0 Å². The standard InChI is InChI=1S/C17H27NO3/c1-12(2)15-8-7-13(3)11-16(15)21-14(4)17(19)18-9-6-10-20-5/h7-8,11-12,14H,6,9-10H2,1-5H3,(H,18,19)/t14-/m0/s1. The molecule has 21 heavy (non-hydrogen) atoms. The molecule has 1 aromatic carbocycles. The summed E-state index contributed by atoms with van der Waals surface area (Å²) in [5, 5.41) is 2.86. The lowest BCUT2D eigenvalue weighted by molar-refractivity contribution is -0.127. The minimum absolute atomic E-state index is 0.0951. The molecule has 0 aliphatic heterocycles. The summed E-state index contributed by atoms with van der Waals surface area (Å²) in [7, 11) is 1.65. The average molecular weight is 293 g/mol. The van der Waals surface area contributed by atoms with Crippen LogP contribution in [0, 0.1) is 6.92 Å². The fourth-order valence-corrected chi connectivity index (χ4v) is 2.04. The van der Waals surface area contributed by atoms with Crippen LogP contribution in [0.1, 0.15) is 44.2 Å². The fraction of sp³-hybridized carbons (Fsp3) is 0.588. The van der Waals surface area contributed by atoms with Crippen molar-refractivity contribution in [1.82, 2.24) is 5.32 Å². The number of ether oxygens (including phenoxy) is 2. The zero-order chi connectivity index (χ0) is 15.8. The van der Waals surface area contributed by atoms with Gasteiger partial charge in [-0.05, 0) is 43.4 Å². The van der Waals surface area contributed by atoms with E-state index in [1.807, 2.05) is 13.0 Å². The second kappa shape index (κ2) is 8.67. The molecule has 0 unspecified atom stereocenters. The first-order valence-corrected chi connectivity index (χ1v) is 7.49. The van der Waals surface area contributed by atoms with Crippen molar-refractivity contribution < 1.29 is 14.3 Å². The van der Waals surface area contributed by atoms with Gasteiger partial charge >= 0.3 is 0 Å². The summed E-state index contributed by atoms with van der Waals surface area (Å²) in [5.41, 5.74) is 2.25. The van der Waals surface area contributed by atoms with Gasteiger partial charge < -0.3 is 14.8 Å². The van der Waals surface area contributed by atoms with E-state index in [1.54, 1.807) is 14.0 Å². The summed E-state index contributed by atoms with van der Waals surface area (Å²) in [5.74, 6) is 1.06. The highest BCUT2D eigenvalue weighted by Gasteiger charge is 2.17. The molecule has 0 saturated heterocycles. The second-order valence-electron chi connectivity index (χ2n) is 5.59. The van der Waals surface area contributed by atoms with Crippen LogP contribution in [0.3, 0.4) is 0 Å². The summed E-state index contributed by atoms with van der Waals surface area (Å²) in [4.78, 5) is 12.0. The number of methoxy groups -OCH3 is 1. The van der Waals surface area contributed by atoms with E-state index < -0.39 is 6.10 Å². The second-order valence-corrected chi connectivity index (χ2v) is 5.59. The molecule has 1 aromatic rings. The molecule has 1 N–H and O–H groups in total. The van der Waals surface area contributed by atoms with Gasteiger partial charge in [0.15, 0.2) is 6.10 Å². The molecule has 0 aliphatic rings. The Balaban J connectivity index is 2.63. The molecule has 1 amide bonds. The van der Waals surface area contributed by atoms with Crippen LogP contribution in [0.25, 0.3) is 0 Å². The van der Waals surface area contributed by atoms with Crippen molar-refractivity contribution in [1.29, 1.82) is 0 Å². The molecular weight excluding hydrogens is 266 g/mol. The predicted octanol–water partition coefficient (Wildman–Crippen LogP) is 3.04. The Kier molecular flexibility index (Phi) is 7.23. The molecule has 4 heteroatoms. The number of hydrogen-bond acceptors (Lipinski definition) is 3. The zero-order valence-electron chi connectivity index (χ0n) is 13.7.